The molecule has 20 heavy (non-hydrogen) atoms. The summed E-state index contributed by atoms with van der Waals surface area (Å²) in [5.41, 5.74) is -0.419. The smallest absolute Gasteiger partial charge is 0.317 e. The normalized spacial score (nSPS) is 28.2. The number of rotatable bonds is 5. The Kier molecular flexibility index (Phi) is 4.84. The fourth-order valence-corrected chi connectivity index (χ4v) is 3.87. The van der Waals surface area contributed by atoms with Gasteiger partial charge < -0.3 is 9.84 Å². The van der Waals surface area contributed by atoms with Crippen LogP contribution in [0.15, 0.2) is 12.2 Å². The van der Waals surface area contributed by atoms with Crippen molar-refractivity contribution in [2.75, 3.05) is 0 Å². The quantitative estimate of drug-likeness (QED) is 0.477. The zero-order chi connectivity index (χ0) is 14.6. The van der Waals surface area contributed by atoms with E-state index in [0.717, 1.165) is 44.9 Å². The zero-order valence-corrected chi connectivity index (χ0v) is 12.1. The predicted octanol–water partition coefficient (Wildman–Crippen LogP) is 3.31. The van der Waals surface area contributed by atoms with Crippen molar-refractivity contribution < 1.29 is 19.4 Å². The van der Waals surface area contributed by atoms with E-state index in [1.807, 2.05) is 0 Å². The van der Waals surface area contributed by atoms with Crippen LogP contribution in [0, 0.1) is 11.8 Å². The van der Waals surface area contributed by atoms with Gasteiger partial charge in [0.25, 0.3) is 0 Å². The number of carbonyl (C=O) groups is 2. The van der Waals surface area contributed by atoms with Crippen molar-refractivity contribution in [3.63, 3.8) is 0 Å². The number of ether oxygens (including phenoxy) is 1. The molecule has 2 aliphatic rings. The van der Waals surface area contributed by atoms with Crippen molar-refractivity contribution in [3.8, 4) is 0 Å². The summed E-state index contributed by atoms with van der Waals surface area (Å²) in [6.07, 6.45) is 10.8. The molecule has 2 aliphatic carbocycles. The maximum Gasteiger partial charge on any atom is 0.317 e. The topological polar surface area (TPSA) is 63.6 Å². The first-order valence-electron chi connectivity index (χ1n) is 7.66. The summed E-state index contributed by atoms with van der Waals surface area (Å²) in [6.45, 7) is 2.18. The Morgan fingerprint density at radius 1 is 1.25 bits per heavy atom. The largest absolute Gasteiger partial charge is 0.481 e. The summed E-state index contributed by atoms with van der Waals surface area (Å²) in [7, 11) is 0. The average molecular weight is 280 g/mol. The minimum atomic E-state index is -1.11. The van der Waals surface area contributed by atoms with Gasteiger partial charge in [-0.15, -0.1) is 0 Å². The van der Waals surface area contributed by atoms with Crippen LogP contribution in [0.5, 0.6) is 0 Å². The van der Waals surface area contributed by atoms with Crippen molar-refractivity contribution >= 4 is 11.9 Å². The van der Waals surface area contributed by atoms with Crippen molar-refractivity contribution in [1.82, 2.24) is 0 Å². The van der Waals surface area contributed by atoms with Crippen molar-refractivity contribution in [3.05, 3.63) is 12.2 Å². The average Bonchev–Trinajstić information content (AvgIpc) is 2.87. The molecule has 0 radical (unpaired) electrons. The molecule has 0 saturated heterocycles. The Balaban J connectivity index is 2.14. The van der Waals surface area contributed by atoms with Crippen LogP contribution in [0.2, 0.25) is 0 Å². The van der Waals surface area contributed by atoms with E-state index >= 15 is 0 Å². The highest BCUT2D eigenvalue weighted by Crippen LogP contribution is 2.47. The summed E-state index contributed by atoms with van der Waals surface area (Å²) >= 11 is 0. The van der Waals surface area contributed by atoms with E-state index < -0.39 is 24.0 Å². The Hall–Kier alpha value is -1.32. The molecule has 2 rings (SSSR count). The van der Waals surface area contributed by atoms with Gasteiger partial charge in [0.15, 0.2) is 0 Å². The summed E-state index contributed by atoms with van der Waals surface area (Å²) < 4.78 is 5.73. The van der Waals surface area contributed by atoms with Crippen molar-refractivity contribution in [2.45, 2.75) is 63.9 Å². The molecule has 0 bridgehead atoms. The third-order valence-electron chi connectivity index (χ3n) is 4.83. The molecule has 0 aromatic rings. The van der Waals surface area contributed by atoms with Gasteiger partial charge in [-0.05, 0) is 44.4 Å². The molecule has 0 heterocycles. The Bertz CT molecular complexity index is 393. The van der Waals surface area contributed by atoms with E-state index in [1.165, 1.54) is 0 Å². The molecule has 4 nitrogen and oxygen atoms in total. The third-order valence-corrected chi connectivity index (χ3v) is 4.83. The highest BCUT2D eigenvalue weighted by molar-refractivity contribution is 5.90. The number of carboxylic acids is 1. The maximum absolute atomic E-state index is 11.8. The maximum atomic E-state index is 11.8. The lowest BCUT2D eigenvalue weighted by molar-refractivity contribution is -0.171. The van der Waals surface area contributed by atoms with Crippen molar-refractivity contribution in [2.24, 2.45) is 11.8 Å². The SMILES string of the molecule is CCC1CC=CCC1C1(OC(=O)CC(=O)O)CCCC1. The van der Waals surface area contributed by atoms with Gasteiger partial charge >= 0.3 is 11.9 Å². The summed E-state index contributed by atoms with van der Waals surface area (Å²) in [5.74, 6) is -0.809. The second kappa shape index (κ2) is 6.42. The molecule has 0 aliphatic heterocycles. The van der Waals surface area contributed by atoms with E-state index in [2.05, 4.69) is 19.1 Å². The molecule has 0 spiro atoms. The monoisotopic (exact) mass is 280 g/mol. The zero-order valence-electron chi connectivity index (χ0n) is 12.1. The fourth-order valence-electron chi connectivity index (χ4n) is 3.87. The van der Waals surface area contributed by atoms with Crippen LogP contribution < -0.4 is 0 Å². The second-order valence-electron chi connectivity index (χ2n) is 6.03. The number of esters is 1. The Labute approximate surface area is 120 Å². The van der Waals surface area contributed by atoms with Crippen LogP contribution in [0.1, 0.15) is 58.3 Å². The van der Waals surface area contributed by atoms with Crippen LogP contribution in [-0.2, 0) is 14.3 Å². The van der Waals surface area contributed by atoms with E-state index in [0.29, 0.717) is 11.8 Å². The number of hydrogen-bond donors (Lipinski definition) is 1. The van der Waals surface area contributed by atoms with Crippen LogP contribution in [-0.4, -0.2) is 22.6 Å². The minimum absolute atomic E-state index is 0.345. The van der Waals surface area contributed by atoms with Gasteiger partial charge in [0.2, 0.25) is 0 Å². The third kappa shape index (κ3) is 3.22. The Morgan fingerprint density at radius 3 is 2.50 bits per heavy atom. The lowest BCUT2D eigenvalue weighted by Gasteiger charge is -2.42. The first-order chi connectivity index (χ1) is 9.57. The molecule has 4 heteroatoms. The number of carboxylic acid groups (broad SMARTS) is 1. The predicted molar refractivity (Wildman–Crippen MR) is 75.2 cm³/mol. The highest BCUT2D eigenvalue weighted by Gasteiger charge is 2.47. The molecule has 1 saturated carbocycles. The number of aliphatic carboxylic acids is 1. The van der Waals surface area contributed by atoms with Crippen LogP contribution in [0.25, 0.3) is 0 Å². The minimum Gasteiger partial charge on any atom is -0.481 e. The molecule has 1 fully saturated rings. The summed E-state index contributed by atoms with van der Waals surface area (Å²) in [5, 5.41) is 8.74. The molecular weight excluding hydrogens is 256 g/mol. The van der Waals surface area contributed by atoms with E-state index in [-0.39, 0.29) is 0 Å². The lowest BCUT2D eigenvalue weighted by Crippen LogP contribution is -2.44. The molecule has 0 amide bonds. The summed E-state index contributed by atoms with van der Waals surface area (Å²) in [4.78, 5) is 22.5. The van der Waals surface area contributed by atoms with Crippen LogP contribution in [0.4, 0.5) is 0 Å². The van der Waals surface area contributed by atoms with Crippen molar-refractivity contribution in [1.29, 1.82) is 0 Å². The summed E-state index contributed by atoms with van der Waals surface area (Å²) in [6, 6.07) is 0. The molecule has 2 atom stereocenters. The van der Waals surface area contributed by atoms with Gasteiger partial charge in [0, 0.05) is 5.92 Å². The van der Waals surface area contributed by atoms with Crippen LogP contribution >= 0.6 is 0 Å². The lowest BCUT2D eigenvalue weighted by atomic mass is 9.70. The number of allylic oxidation sites excluding steroid dienone is 2. The van der Waals surface area contributed by atoms with Gasteiger partial charge in [-0.3, -0.25) is 9.59 Å². The van der Waals surface area contributed by atoms with Gasteiger partial charge in [0.1, 0.15) is 12.0 Å². The number of carbonyl (C=O) groups excluding carboxylic acids is 1. The van der Waals surface area contributed by atoms with E-state index in [1.54, 1.807) is 0 Å². The van der Waals surface area contributed by atoms with Crippen LogP contribution in [0.3, 0.4) is 0 Å². The standard InChI is InChI=1S/C16H24O4/c1-2-12-7-3-4-8-13(12)16(9-5-6-10-16)20-15(19)11-14(17)18/h3-4,12-13H,2,5-11H2,1H3,(H,17,18). The van der Waals surface area contributed by atoms with Gasteiger partial charge in [-0.25, -0.2) is 0 Å². The van der Waals surface area contributed by atoms with Gasteiger partial charge in [-0.2, -0.15) is 0 Å². The molecule has 2 unspecified atom stereocenters. The molecule has 1 N–H and O–H groups in total. The Morgan fingerprint density at radius 2 is 1.90 bits per heavy atom. The first-order valence-corrected chi connectivity index (χ1v) is 7.66. The second-order valence-corrected chi connectivity index (χ2v) is 6.03. The first kappa shape index (κ1) is 15.1. The highest BCUT2D eigenvalue weighted by atomic mass is 16.6. The van der Waals surface area contributed by atoms with Gasteiger partial charge in [0.05, 0.1) is 0 Å². The fraction of sp³-hybridized carbons (Fsp3) is 0.750. The molecule has 0 aromatic carbocycles. The number of hydrogen-bond acceptors (Lipinski definition) is 3. The van der Waals surface area contributed by atoms with E-state index in [4.69, 9.17) is 9.84 Å². The van der Waals surface area contributed by atoms with E-state index in [9.17, 15) is 9.59 Å². The van der Waals surface area contributed by atoms with Gasteiger partial charge in [-0.1, -0.05) is 25.5 Å². The molecule has 112 valence electrons. The molecule has 0 aromatic heterocycles. The molecular formula is C16H24O4.